The van der Waals surface area contributed by atoms with Crippen molar-refractivity contribution >= 4 is 0 Å². The van der Waals surface area contributed by atoms with Gasteiger partial charge >= 0.3 is 0 Å². The molecule has 0 aliphatic heterocycles. The number of halogens is 1. The molecule has 0 N–H and O–H groups in total. The van der Waals surface area contributed by atoms with Crippen LogP contribution >= 0.6 is 0 Å². The first kappa shape index (κ1) is 10.0. The van der Waals surface area contributed by atoms with Crippen molar-refractivity contribution in [2.24, 2.45) is 0 Å². The van der Waals surface area contributed by atoms with Crippen molar-refractivity contribution in [1.29, 1.82) is 0 Å². The minimum atomic E-state index is -0.265. The number of ether oxygens (including phenoxy) is 1. The van der Waals surface area contributed by atoms with Crippen molar-refractivity contribution in [3.05, 3.63) is 37.0 Å². The molecule has 0 saturated carbocycles. The van der Waals surface area contributed by atoms with Gasteiger partial charge in [-0.05, 0) is 31.9 Å². The number of rotatable bonds is 4. The highest BCUT2D eigenvalue weighted by atomic mass is 19.1. The predicted octanol–water partition coefficient (Wildman–Crippen LogP) is 3.21. The highest BCUT2D eigenvalue weighted by Gasteiger charge is 2.02. The highest BCUT2D eigenvalue weighted by Crippen LogP contribution is 2.15. The van der Waals surface area contributed by atoms with Crippen LogP contribution in [0, 0.1) is 12.7 Å². The Hall–Kier alpha value is -1.05. The monoisotopic (exact) mass is 181 g/mol. The summed E-state index contributed by atoms with van der Waals surface area (Å²) in [5, 5.41) is 0. The lowest BCUT2D eigenvalue weighted by atomic mass is 10.2. The molecule has 1 radical (unpaired) electrons. The van der Waals surface area contributed by atoms with E-state index in [-0.39, 0.29) is 11.9 Å². The van der Waals surface area contributed by atoms with Gasteiger partial charge in [0.05, 0.1) is 6.10 Å². The third-order valence-electron chi connectivity index (χ3n) is 1.74. The van der Waals surface area contributed by atoms with Crippen molar-refractivity contribution in [3.63, 3.8) is 0 Å². The van der Waals surface area contributed by atoms with Crippen molar-refractivity contribution in [2.45, 2.75) is 25.9 Å². The van der Waals surface area contributed by atoms with Gasteiger partial charge in [0.15, 0.2) is 0 Å². The fraction of sp³-hybridized carbons (Fsp3) is 0.364. The summed E-state index contributed by atoms with van der Waals surface area (Å²) in [6.07, 6.45) is 1.81. The first-order chi connectivity index (χ1) is 6.22. The summed E-state index contributed by atoms with van der Waals surface area (Å²) in [7, 11) is 0. The SMILES string of the molecule is [CH2]CCC(C)Oc1cccc(F)c1. The van der Waals surface area contributed by atoms with Crippen LogP contribution in [0.3, 0.4) is 0 Å². The zero-order valence-corrected chi connectivity index (χ0v) is 7.79. The Morgan fingerprint density at radius 3 is 2.92 bits per heavy atom. The van der Waals surface area contributed by atoms with Crippen LogP contribution in [0.5, 0.6) is 5.75 Å². The Morgan fingerprint density at radius 2 is 2.31 bits per heavy atom. The van der Waals surface area contributed by atoms with E-state index in [1.165, 1.54) is 12.1 Å². The normalized spacial score (nSPS) is 12.5. The molecule has 0 aromatic heterocycles. The van der Waals surface area contributed by atoms with Crippen LogP contribution < -0.4 is 4.74 Å². The first-order valence-electron chi connectivity index (χ1n) is 4.44. The van der Waals surface area contributed by atoms with Crippen molar-refractivity contribution in [1.82, 2.24) is 0 Å². The summed E-state index contributed by atoms with van der Waals surface area (Å²) < 4.78 is 18.2. The van der Waals surface area contributed by atoms with Gasteiger partial charge < -0.3 is 4.74 Å². The molecular weight excluding hydrogens is 167 g/mol. The van der Waals surface area contributed by atoms with Crippen LogP contribution in [-0.4, -0.2) is 6.10 Å². The molecule has 0 aliphatic rings. The highest BCUT2D eigenvalue weighted by molar-refractivity contribution is 5.22. The second-order valence-electron chi connectivity index (χ2n) is 3.03. The maximum Gasteiger partial charge on any atom is 0.126 e. The fourth-order valence-electron chi connectivity index (χ4n) is 1.12. The minimum Gasteiger partial charge on any atom is -0.491 e. The Labute approximate surface area is 78.5 Å². The summed E-state index contributed by atoms with van der Waals surface area (Å²) in [5.74, 6) is 0.320. The van der Waals surface area contributed by atoms with E-state index in [9.17, 15) is 4.39 Å². The molecule has 0 fully saturated rings. The third kappa shape index (κ3) is 3.45. The molecule has 71 valence electrons. The molecular formula is C11H14FO. The fourth-order valence-corrected chi connectivity index (χ4v) is 1.12. The molecule has 1 rings (SSSR count). The van der Waals surface area contributed by atoms with Gasteiger partial charge in [-0.25, -0.2) is 4.39 Å². The third-order valence-corrected chi connectivity index (χ3v) is 1.74. The zero-order chi connectivity index (χ0) is 9.68. The molecule has 0 bridgehead atoms. The zero-order valence-electron chi connectivity index (χ0n) is 7.79. The summed E-state index contributed by atoms with van der Waals surface area (Å²) >= 11 is 0. The maximum absolute atomic E-state index is 12.7. The molecule has 0 heterocycles. The lowest BCUT2D eigenvalue weighted by Gasteiger charge is -2.13. The molecule has 0 saturated heterocycles. The average Bonchev–Trinajstić information content (AvgIpc) is 2.04. The Bertz CT molecular complexity index is 260. The van der Waals surface area contributed by atoms with Crippen LogP contribution in [0.2, 0.25) is 0 Å². The van der Waals surface area contributed by atoms with Gasteiger partial charge in [0, 0.05) is 6.07 Å². The Morgan fingerprint density at radius 1 is 1.54 bits per heavy atom. The molecule has 1 aromatic rings. The quantitative estimate of drug-likeness (QED) is 0.693. The van der Waals surface area contributed by atoms with E-state index >= 15 is 0 Å². The molecule has 0 spiro atoms. The Balaban J connectivity index is 2.53. The van der Waals surface area contributed by atoms with Crippen LogP contribution in [0.25, 0.3) is 0 Å². The van der Waals surface area contributed by atoms with Crippen LogP contribution in [0.4, 0.5) is 4.39 Å². The minimum absolute atomic E-state index is 0.0966. The standard InChI is InChI=1S/C11H14FO/c1-3-5-9(2)13-11-7-4-6-10(12)8-11/h4,6-9H,1,3,5H2,2H3. The number of benzene rings is 1. The second-order valence-corrected chi connectivity index (χ2v) is 3.03. The lowest BCUT2D eigenvalue weighted by molar-refractivity contribution is 0.211. The van der Waals surface area contributed by atoms with Crippen LogP contribution in [0.15, 0.2) is 24.3 Å². The number of hydrogen-bond acceptors (Lipinski definition) is 1. The summed E-state index contributed by atoms with van der Waals surface area (Å²) in [6, 6.07) is 6.18. The summed E-state index contributed by atoms with van der Waals surface area (Å²) in [5.41, 5.74) is 0. The van der Waals surface area contributed by atoms with Gasteiger partial charge in [0.1, 0.15) is 11.6 Å². The van der Waals surface area contributed by atoms with E-state index in [0.29, 0.717) is 5.75 Å². The topological polar surface area (TPSA) is 9.23 Å². The molecule has 0 amide bonds. The van der Waals surface area contributed by atoms with E-state index in [1.807, 2.05) is 6.92 Å². The Kier molecular flexibility index (Phi) is 3.74. The van der Waals surface area contributed by atoms with E-state index in [0.717, 1.165) is 12.8 Å². The molecule has 13 heavy (non-hydrogen) atoms. The molecule has 2 heteroatoms. The van der Waals surface area contributed by atoms with E-state index in [4.69, 9.17) is 4.74 Å². The first-order valence-corrected chi connectivity index (χ1v) is 4.44. The predicted molar refractivity (Wildman–Crippen MR) is 51.1 cm³/mol. The summed E-state index contributed by atoms with van der Waals surface area (Å²) in [6.45, 7) is 5.69. The maximum atomic E-state index is 12.7. The van der Waals surface area contributed by atoms with Crippen molar-refractivity contribution in [2.75, 3.05) is 0 Å². The molecule has 1 aromatic carbocycles. The number of hydrogen-bond donors (Lipinski definition) is 0. The molecule has 1 unspecified atom stereocenters. The van der Waals surface area contributed by atoms with Crippen LogP contribution in [0.1, 0.15) is 19.8 Å². The molecule has 1 atom stereocenters. The second kappa shape index (κ2) is 4.85. The lowest BCUT2D eigenvalue weighted by Crippen LogP contribution is -2.10. The van der Waals surface area contributed by atoms with Gasteiger partial charge in [0.2, 0.25) is 0 Å². The summed E-state index contributed by atoms with van der Waals surface area (Å²) in [4.78, 5) is 0. The van der Waals surface area contributed by atoms with Gasteiger partial charge in [0.25, 0.3) is 0 Å². The van der Waals surface area contributed by atoms with Crippen molar-refractivity contribution in [3.8, 4) is 5.75 Å². The molecule has 0 aliphatic carbocycles. The van der Waals surface area contributed by atoms with Gasteiger partial charge in [-0.3, -0.25) is 0 Å². The van der Waals surface area contributed by atoms with Crippen LogP contribution in [-0.2, 0) is 0 Å². The molecule has 1 nitrogen and oxygen atoms in total. The van der Waals surface area contributed by atoms with E-state index < -0.39 is 0 Å². The van der Waals surface area contributed by atoms with Gasteiger partial charge in [-0.1, -0.05) is 13.0 Å². The van der Waals surface area contributed by atoms with Gasteiger partial charge in [-0.2, -0.15) is 0 Å². The largest absolute Gasteiger partial charge is 0.491 e. The van der Waals surface area contributed by atoms with E-state index in [1.54, 1.807) is 12.1 Å². The smallest absolute Gasteiger partial charge is 0.126 e. The van der Waals surface area contributed by atoms with E-state index in [2.05, 4.69) is 6.92 Å². The van der Waals surface area contributed by atoms with Crippen molar-refractivity contribution < 1.29 is 9.13 Å². The average molecular weight is 181 g/mol. The van der Waals surface area contributed by atoms with Gasteiger partial charge in [-0.15, -0.1) is 0 Å².